The summed E-state index contributed by atoms with van der Waals surface area (Å²) in [4.78, 5) is 2.02. The van der Waals surface area contributed by atoms with E-state index in [0.717, 1.165) is 0 Å². The lowest BCUT2D eigenvalue weighted by molar-refractivity contribution is 0.0682. The van der Waals surface area contributed by atoms with Gasteiger partial charge in [-0.05, 0) is 20.4 Å². The summed E-state index contributed by atoms with van der Waals surface area (Å²) in [7, 11) is 5.69. The van der Waals surface area contributed by atoms with Crippen LogP contribution in [-0.4, -0.2) is 37.9 Å². The van der Waals surface area contributed by atoms with Crippen LogP contribution < -0.4 is 0 Å². The highest BCUT2D eigenvalue weighted by molar-refractivity contribution is 7.99. The van der Waals surface area contributed by atoms with Crippen molar-refractivity contribution in [2.24, 2.45) is 0 Å². The van der Waals surface area contributed by atoms with Gasteiger partial charge >= 0.3 is 0 Å². The molecule has 0 aromatic heterocycles. The van der Waals surface area contributed by atoms with Gasteiger partial charge in [0, 0.05) is 7.11 Å². The molecule has 0 saturated carbocycles. The zero-order valence-corrected chi connectivity index (χ0v) is 6.66. The molecule has 0 aliphatic rings. The predicted molar refractivity (Wildman–Crippen MR) is 38.0 cm³/mol. The number of ether oxygens (including phenoxy) is 1. The van der Waals surface area contributed by atoms with Crippen molar-refractivity contribution in [2.75, 3.05) is 27.5 Å². The third kappa shape index (κ3) is 2.55. The number of hydrogen-bond donors (Lipinski definition) is 0. The molecule has 2 nitrogen and oxygen atoms in total. The van der Waals surface area contributed by atoms with Crippen molar-refractivity contribution in [2.45, 2.75) is 5.56 Å². The van der Waals surface area contributed by atoms with Crippen LogP contribution in [0, 0.1) is 0 Å². The van der Waals surface area contributed by atoms with Crippen LogP contribution in [0.4, 0.5) is 0 Å². The van der Waals surface area contributed by atoms with Crippen LogP contribution in [-0.2, 0) is 4.74 Å². The van der Waals surface area contributed by atoms with E-state index in [1.54, 1.807) is 18.9 Å². The number of thioether (sulfide) groups is 1. The maximum absolute atomic E-state index is 5.05. The molecule has 50 valence electrons. The molecule has 0 amide bonds. The van der Waals surface area contributed by atoms with Gasteiger partial charge in [0.1, 0.15) is 0 Å². The van der Waals surface area contributed by atoms with Crippen molar-refractivity contribution < 1.29 is 4.74 Å². The minimum atomic E-state index is 0.204. The van der Waals surface area contributed by atoms with Crippen LogP contribution >= 0.6 is 11.8 Å². The van der Waals surface area contributed by atoms with Gasteiger partial charge in [0.15, 0.2) is 5.56 Å². The van der Waals surface area contributed by atoms with Crippen LogP contribution in [0.25, 0.3) is 0 Å². The van der Waals surface area contributed by atoms with Crippen molar-refractivity contribution >= 4 is 11.8 Å². The first-order valence-corrected chi connectivity index (χ1v) is 3.73. The molecule has 0 aliphatic heterocycles. The molecule has 0 unspecified atom stereocenters. The second kappa shape index (κ2) is 4.18. The van der Waals surface area contributed by atoms with Gasteiger partial charge in [-0.3, -0.25) is 4.90 Å². The van der Waals surface area contributed by atoms with Crippen molar-refractivity contribution in [3.63, 3.8) is 0 Å². The molecule has 0 bridgehead atoms. The highest BCUT2D eigenvalue weighted by atomic mass is 32.2. The maximum atomic E-state index is 5.05. The van der Waals surface area contributed by atoms with E-state index >= 15 is 0 Å². The van der Waals surface area contributed by atoms with Crippen molar-refractivity contribution in [3.8, 4) is 0 Å². The smallest absolute Gasteiger partial charge is 0.157 e. The van der Waals surface area contributed by atoms with Gasteiger partial charge in [-0.1, -0.05) is 0 Å². The van der Waals surface area contributed by atoms with Crippen LogP contribution in [0.2, 0.25) is 0 Å². The second-order valence-electron chi connectivity index (χ2n) is 1.74. The van der Waals surface area contributed by atoms with Gasteiger partial charge in [0.2, 0.25) is 0 Å². The van der Waals surface area contributed by atoms with E-state index in [1.165, 1.54) is 0 Å². The average molecular weight is 135 g/mol. The summed E-state index contributed by atoms with van der Waals surface area (Å²) in [6, 6.07) is 0. The Morgan fingerprint density at radius 3 is 2.00 bits per heavy atom. The number of hydrogen-bond acceptors (Lipinski definition) is 3. The molecule has 0 aromatic rings. The fraction of sp³-hybridized carbons (Fsp3) is 1.00. The molecule has 0 aliphatic carbocycles. The van der Waals surface area contributed by atoms with Gasteiger partial charge in [-0.2, -0.15) is 0 Å². The Morgan fingerprint density at radius 2 is 2.00 bits per heavy atom. The lowest BCUT2D eigenvalue weighted by atomic mass is 10.9. The lowest BCUT2D eigenvalue weighted by Gasteiger charge is -2.19. The molecule has 0 fully saturated rings. The average Bonchev–Trinajstić information content (AvgIpc) is 1.69. The third-order valence-corrected chi connectivity index (χ3v) is 1.84. The van der Waals surface area contributed by atoms with Crippen LogP contribution in [0.5, 0.6) is 0 Å². The first-order chi connectivity index (χ1) is 3.72. The molecular weight excluding hydrogens is 122 g/mol. The number of nitrogens with zero attached hydrogens (tertiary/aromatic N) is 1. The maximum Gasteiger partial charge on any atom is 0.157 e. The van der Waals surface area contributed by atoms with Crippen molar-refractivity contribution in [1.29, 1.82) is 0 Å². The fourth-order valence-corrected chi connectivity index (χ4v) is 1.13. The molecule has 0 spiro atoms. The minimum Gasteiger partial charge on any atom is -0.357 e. The van der Waals surface area contributed by atoms with E-state index < -0.39 is 0 Å². The summed E-state index contributed by atoms with van der Waals surface area (Å²) in [6.07, 6.45) is 2.02. The SMILES string of the molecule is CO[C@@H](SC)N(C)C. The summed E-state index contributed by atoms with van der Waals surface area (Å²) >= 11 is 1.68. The summed E-state index contributed by atoms with van der Waals surface area (Å²) in [5.41, 5.74) is 0.204. The molecule has 0 aromatic carbocycles. The Bertz CT molecular complexity index is 54.4. The normalized spacial score (nSPS) is 14.6. The fourth-order valence-electron chi connectivity index (χ4n) is 0.518. The van der Waals surface area contributed by atoms with E-state index in [-0.39, 0.29) is 5.56 Å². The van der Waals surface area contributed by atoms with Gasteiger partial charge < -0.3 is 4.74 Å². The van der Waals surface area contributed by atoms with E-state index in [9.17, 15) is 0 Å². The van der Waals surface area contributed by atoms with Crippen molar-refractivity contribution in [3.05, 3.63) is 0 Å². The van der Waals surface area contributed by atoms with Gasteiger partial charge in [0.05, 0.1) is 0 Å². The predicted octanol–water partition coefficient (Wildman–Crippen LogP) is 0.841. The third-order valence-electron chi connectivity index (χ3n) is 0.825. The molecular formula is C5H13NOS. The standard InChI is InChI=1S/C5H13NOS/c1-6(2)5(7-3)8-4/h5H,1-4H3/t5-/m0/s1. The lowest BCUT2D eigenvalue weighted by Crippen LogP contribution is -2.25. The zero-order chi connectivity index (χ0) is 6.57. The highest BCUT2D eigenvalue weighted by Crippen LogP contribution is 2.07. The molecule has 0 rings (SSSR count). The van der Waals surface area contributed by atoms with Crippen LogP contribution in [0.3, 0.4) is 0 Å². The number of methoxy groups -OCH3 is 1. The van der Waals surface area contributed by atoms with Gasteiger partial charge in [0.25, 0.3) is 0 Å². The Labute approximate surface area is 55.2 Å². The summed E-state index contributed by atoms with van der Waals surface area (Å²) in [5.74, 6) is 0. The largest absolute Gasteiger partial charge is 0.357 e. The monoisotopic (exact) mass is 135 g/mol. The molecule has 0 saturated heterocycles. The molecule has 1 atom stereocenters. The summed E-state index contributed by atoms with van der Waals surface area (Å²) in [5, 5.41) is 0. The molecule has 0 heterocycles. The Morgan fingerprint density at radius 1 is 1.50 bits per heavy atom. The van der Waals surface area contributed by atoms with Gasteiger partial charge in [-0.15, -0.1) is 11.8 Å². The van der Waals surface area contributed by atoms with Crippen LogP contribution in [0.15, 0.2) is 0 Å². The van der Waals surface area contributed by atoms with E-state index in [1.807, 2.05) is 25.3 Å². The summed E-state index contributed by atoms with van der Waals surface area (Å²) < 4.78 is 5.05. The molecule has 0 radical (unpaired) electrons. The first-order valence-electron chi connectivity index (χ1n) is 2.44. The Hall–Kier alpha value is 0.270. The molecule has 8 heavy (non-hydrogen) atoms. The first kappa shape index (κ1) is 8.27. The quantitative estimate of drug-likeness (QED) is 0.532. The van der Waals surface area contributed by atoms with E-state index in [0.29, 0.717) is 0 Å². The number of rotatable bonds is 3. The zero-order valence-electron chi connectivity index (χ0n) is 5.84. The topological polar surface area (TPSA) is 12.5 Å². The van der Waals surface area contributed by atoms with Crippen molar-refractivity contribution in [1.82, 2.24) is 4.90 Å². The van der Waals surface area contributed by atoms with Gasteiger partial charge in [-0.25, -0.2) is 0 Å². The summed E-state index contributed by atoms with van der Waals surface area (Å²) in [6.45, 7) is 0. The van der Waals surface area contributed by atoms with E-state index in [2.05, 4.69) is 0 Å². The molecule has 3 heteroatoms. The second-order valence-corrected chi connectivity index (χ2v) is 2.62. The minimum absolute atomic E-state index is 0.204. The Kier molecular flexibility index (Phi) is 4.32. The van der Waals surface area contributed by atoms with E-state index in [4.69, 9.17) is 4.74 Å². The Balaban J connectivity index is 3.35. The highest BCUT2D eigenvalue weighted by Gasteiger charge is 2.04. The molecule has 0 N–H and O–H groups in total. The van der Waals surface area contributed by atoms with Crippen LogP contribution in [0.1, 0.15) is 0 Å².